The number of aliphatic imine (C=N–C) groups is 1. The van der Waals surface area contributed by atoms with Gasteiger partial charge in [-0.3, -0.25) is 29.9 Å². The largest absolute Gasteiger partial charge is 0.478 e. The highest BCUT2D eigenvalue weighted by atomic mass is 32.2. The SMILES string of the molecule is O=C(O)c1ccc(CN2C(=O)/C(=C/c3ccc(Oc4ccc([N+](=O)[O-])cc4[N+](=O)[O-])cc3)SC2=Nc2ccccc2)cc1. The number of para-hydroxylation sites is 1. The molecule has 13 heteroatoms. The van der Waals surface area contributed by atoms with E-state index >= 15 is 0 Å². The van der Waals surface area contributed by atoms with Crippen LogP contribution in [0.3, 0.4) is 0 Å². The van der Waals surface area contributed by atoms with Crippen molar-refractivity contribution in [3.8, 4) is 11.5 Å². The number of rotatable bonds is 9. The Hall–Kier alpha value is -5.82. The molecule has 214 valence electrons. The highest BCUT2D eigenvalue weighted by Gasteiger charge is 2.33. The maximum Gasteiger partial charge on any atom is 0.335 e. The standard InChI is InChI=1S/C30H20N4O8S/c35-28-27(16-19-8-13-24(14-9-19)42-26-15-12-23(33(38)39)17-25(26)34(40)41)43-30(31-22-4-2-1-3-5-22)32(28)18-20-6-10-21(11-7-20)29(36)37/h1-17H,18H2,(H,36,37)/b27-16-,31-30?. The van der Waals surface area contributed by atoms with Gasteiger partial charge in [0.05, 0.1) is 38.6 Å². The van der Waals surface area contributed by atoms with Gasteiger partial charge in [0, 0.05) is 6.07 Å². The first-order valence-electron chi connectivity index (χ1n) is 12.6. The minimum atomic E-state index is -1.04. The number of amidine groups is 1. The van der Waals surface area contributed by atoms with E-state index in [0.29, 0.717) is 21.3 Å². The smallest absolute Gasteiger partial charge is 0.335 e. The van der Waals surface area contributed by atoms with Crippen molar-refractivity contribution in [1.82, 2.24) is 4.90 Å². The Balaban J connectivity index is 1.39. The fourth-order valence-electron chi connectivity index (χ4n) is 4.04. The summed E-state index contributed by atoms with van der Waals surface area (Å²) in [7, 11) is 0. The third-order valence-electron chi connectivity index (χ3n) is 6.17. The molecule has 0 atom stereocenters. The Morgan fingerprint density at radius 3 is 2.26 bits per heavy atom. The normalized spacial score (nSPS) is 14.7. The van der Waals surface area contributed by atoms with Crippen LogP contribution in [0.25, 0.3) is 6.08 Å². The number of hydrogen-bond acceptors (Lipinski definition) is 9. The molecule has 4 aromatic carbocycles. The minimum Gasteiger partial charge on any atom is -0.478 e. The molecule has 0 aromatic heterocycles. The van der Waals surface area contributed by atoms with Gasteiger partial charge in [-0.2, -0.15) is 0 Å². The Morgan fingerprint density at radius 2 is 1.63 bits per heavy atom. The number of nitro groups is 2. The van der Waals surface area contributed by atoms with Crippen molar-refractivity contribution in [2.24, 2.45) is 4.99 Å². The number of carbonyl (C=O) groups excluding carboxylic acids is 1. The van der Waals surface area contributed by atoms with Crippen LogP contribution >= 0.6 is 11.8 Å². The molecule has 0 saturated carbocycles. The lowest BCUT2D eigenvalue weighted by Gasteiger charge is -2.16. The Kier molecular flexibility index (Phi) is 8.25. The first kappa shape index (κ1) is 28.7. The summed E-state index contributed by atoms with van der Waals surface area (Å²) in [4.78, 5) is 52.2. The van der Waals surface area contributed by atoms with Gasteiger partial charge in [0.15, 0.2) is 5.17 Å². The monoisotopic (exact) mass is 596 g/mol. The number of nitrogens with zero attached hydrogens (tertiary/aromatic N) is 4. The lowest BCUT2D eigenvalue weighted by Crippen LogP contribution is -2.28. The zero-order valence-corrected chi connectivity index (χ0v) is 22.8. The number of carboxylic acid groups (broad SMARTS) is 1. The maximum absolute atomic E-state index is 13.5. The summed E-state index contributed by atoms with van der Waals surface area (Å²) in [5, 5.41) is 32.0. The van der Waals surface area contributed by atoms with Gasteiger partial charge >= 0.3 is 11.7 Å². The summed E-state index contributed by atoms with van der Waals surface area (Å²) in [6.45, 7) is 0.176. The number of non-ortho nitro benzene ring substituents is 1. The Labute approximate surface area is 247 Å². The molecule has 1 aliphatic rings. The van der Waals surface area contributed by atoms with Crippen molar-refractivity contribution in [2.75, 3.05) is 0 Å². The molecule has 4 aromatic rings. The van der Waals surface area contributed by atoms with E-state index in [0.717, 1.165) is 23.8 Å². The molecular weight excluding hydrogens is 576 g/mol. The molecule has 1 heterocycles. The second-order valence-electron chi connectivity index (χ2n) is 9.07. The van der Waals surface area contributed by atoms with Crippen molar-refractivity contribution >= 4 is 51.9 Å². The lowest BCUT2D eigenvalue weighted by molar-refractivity contribution is -0.394. The summed E-state index contributed by atoms with van der Waals surface area (Å²) < 4.78 is 5.62. The first-order valence-corrected chi connectivity index (χ1v) is 13.4. The highest BCUT2D eigenvalue weighted by molar-refractivity contribution is 8.18. The van der Waals surface area contributed by atoms with E-state index in [2.05, 4.69) is 4.99 Å². The lowest BCUT2D eigenvalue weighted by atomic mass is 10.1. The predicted octanol–water partition coefficient (Wildman–Crippen LogP) is 6.80. The summed E-state index contributed by atoms with van der Waals surface area (Å²) in [5.74, 6) is -1.23. The van der Waals surface area contributed by atoms with Gasteiger partial charge in [0.2, 0.25) is 5.75 Å². The van der Waals surface area contributed by atoms with Crippen molar-refractivity contribution in [1.29, 1.82) is 0 Å². The van der Waals surface area contributed by atoms with Crippen LogP contribution in [0.5, 0.6) is 11.5 Å². The highest BCUT2D eigenvalue weighted by Crippen LogP contribution is 2.37. The number of benzene rings is 4. The van der Waals surface area contributed by atoms with E-state index < -0.39 is 27.2 Å². The zero-order chi connectivity index (χ0) is 30.5. The zero-order valence-electron chi connectivity index (χ0n) is 22.0. The van der Waals surface area contributed by atoms with Gasteiger partial charge < -0.3 is 9.84 Å². The third-order valence-corrected chi connectivity index (χ3v) is 7.17. The van der Waals surface area contributed by atoms with Crippen LogP contribution in [0.2, 0.25) is 0 Å². The average Bonchev–Trinajstić information content (AvgIpc) is 3.27. The van der Waals surface area contributed by atoms with Crippen LogP contribution in [-0.2, 0) is 11.3 Å². The fourth-order valence-corrected chi connectivity index (χ4v) is 5.04. The number of aromatic carboxylic acids is 1. The topological polar surface area (TPSA) is 165 Å². The number of carboxylic acids is 1. The van der Waals surface area contributed by atoms with Gasteiger partial charge in [0.1, 0.15) is 5.75 Å². The first-order chi connectivity index (χ1) is 20.7. The molecule has 5 rings (SSSR count). The van der Waals surface area contributed by atoms with Crippen molar-refractivity contribution < 1.29 is 29.3 Å². The average molecular weight is 597 g/mol. The fraction of sp³-hybridized carbons (Fsp3) is 0.0333. The molecule has 12 nitrogen and oxygen atoms in total. The van der Waals surface area contributed by atoms with Crippen molar-refractivity contribution in [3.63, 3.8) is 0 Å². The molecule has 0 radical (unpaired) electrons. The third kappa shape index (κ3) is 6.74. The molecule has 1 aliphatic heterocycles. The quantitative estimate of drug-likeness (QED) is 0.124. The molecule has 1 amide bonds. The van der Waals surface area contributed by atoms with Gasteiger partial charge in [0.25, 0.3) is 11.6 Å². The van der Waals surface area contributed by atoms with Crippen LogP contribution in [0.1, 0.15) is 21.5 Å². The molecule has 1 N–H and O–H groups in total. The van der Waals surface area contributed by atoms with E-state index in [1.54, 1.807) is 42.5 Å². The van der Waals surface area contributed by atoms with Crippen LogP contribution < -0.4 is 4.74 Å². The molecule has 0 spiro atoms. The molecule has 0 unspecified atom stereocenters. The number of thioether (sulfide) groups is 1. The van der Waals surface area contributed by atoms with Crippen molar-refractivity contribution in [2.45, 2.75) is 6.54 Å². The summed E-state index contributed by atoms with van der Waals surface area (Å²) >= 11 is 1.19. The van der Waals surface area contributed by atoms with E-state index in [1.807, 2.05) is 30.3 Å². The van der Waals surface area contributed by atoms with Crippen LogP contribution in [0.4, 0.5) is 17.1 Å². The summed E-state index contributed by atoms with van der Waals surface area (Å²) in [6.07, 6.45) is 1.68. The Morgan fingerprint density at radius 1 is 0.930 bits per heavy atom. The van der Waals surface area contributed by atoms with Crippen molar-refractivity contribution in [3.05, 3.63) is 139 Å². The number of ether oxygens (including phenoxy) is 1. The Bertz CT molecular complexity index is 1790. The van der Waals surface area contributed by atoms with Gasteiger partial charge in [-0.1, -0.05) is 42.5 Å². The van der Waals surface area contributed by atoms with Crippen LogP contribution in [0, 0.1) is 20.2 Å². The van der Waals surface area contributed by atoms with Gasteiger partial charge in [-0.25, -0.2) is 9.79 Å². The number of nitro benzene ring substituents is 2. The molecule has 1 fully saturated rings. The van der Waals surface area contributed by atoms with E-state index in [9.17, 15) is 34.9 Å². The second-order valence-corrected chi connectivity index (χ2v) is 10.1. The number of amides is 1. The molecule has 43 heavy (non-hydrogen) atoms. The maximum atomic E-state index is 13.5. The number of carbonyl (C=O) groups is 2. The van der Waals surface area contributed by atoms with Crippen LogP contribution in [-0.4, -0.2) is 36.9 Å². The van der Waals surface area contributed by atoms with E-state index in [1.165, 1.54) is 28.8 Å². The van der Waals surface area contributed by atoms with Gasteiger partial charge in [-0.15, -0.1) is 0 Å². The minimum absolute atomic E-state index is 0.139. The van der Waals surface area contributed by atoms with Gasteiger partial charge in [-0.05, 0) is 71.4 Å². The predicted molar refractivity (Wildman–Crippen MR) is 159 cm³/mol. The second kappa shape index (κ2) is 12.4. The molecule has 1 saturated heterocycles. The molecular formula is C30H20N4O8S. The summed E-state index contributed by atoms with van der Waals surface area (Å²) in [5.41, 5.74) is 1.20. The molecule has 0 aliphatic carbocycles. The molecule has 0 bridgehead atoms. The van der Waals surface area contributed by atoms with Crippen LogP contribution in [0.15, 0.2) is 107 Å². The van der Waals surface area contributed by atoms with E-state index in [4.69, 9.17) is 4.74 Å². The number of hydrogen-bond donors (Lipinski definition) is 1. The van der Waals surface area contributed by atoms with E-state index in [-0.39, 0.29) is 29.5 Å². The summed E-state index contributed by atoms with van der Waals surface area (Å²) in [6, 6.07) is 25.0.